The lowest BCUT2D eigenvalue weighted by Crippen LogP contribution is -2.31. The number of aliphatic hydroxyl groups excluding tert-OH is 1. The number of rotatable bonds is 3. The summed E-state index contributed by atoms with van der Waals surface area (Å²) in [6.45, 7) is 0. The highest BCUT2D eigenvalue weighted by Gasteiger charge is 2.42. The van der Waals surface area contributed by atoms with Gasteiger partial charge in [-0.05, 0) is 86.0 Å². The molecule has 31 heavy (non-hydrogen) atoms. The van der Waals surface area contributed by atoms with E-state index in [0.717, 1.165) is 102 Å². The fraction of sp³-hybridized carbons (Fsp3) is 0.522. The van der Waals surface area contributed by atoms with Crippen molar-refractivity contribution in [2.75, 3.05) is 5.32 Å². The predicted octanol–water partition coefficient (Wildman–Crippen LogP) is 4.69. The largest absolute Gasteiger partial charge is 0.450 e. The first-order valence-electron chi connectivity index (χ1n) is 11.2. The molecule has 0 spiro atoms. The van der Waals surface area contributed by atoms with Crippen LogP contribution in [0.15, 0.2) is 15.6 Å². The Balaban J connectivity index is 1.23. The molecule has 4 atom stereocenters. The van der Waals surface area contributed by atoms with Gasteiger partial charge in [-0.25, -0.2) is 13.7 Å². The normalized spacial score (nSPS) is 26.3. The molecule has 164 valence electrons. The standard InChI is InChI=1S/C23H25ClN2O4S/c24-19-13-3-1-5-15(13)20(16-6-2-4-14(16)19)25-23(28)26-31(29)18-10-17-21(27)11-7-8-12(9-11)22(17)30-18/h10-12,21,27H,1-9H2,(H2,25,26,28). The number of nitrogens with one attached hydrogen (secondary N) is 2. The molecule has 0 radical (unpaired) electrons. The molecule has 4 aliphatic carbocycles. The Morgan fingerprint density at radius 1 is 1.10 bits per heavy atom. The highest BCUT2D eigenvalue weighted by molar-refractivity contribution is 7.83. The molecule has 1 saturated carbocycles. The maximum atomic E-state index is 12.8. The second-order valence-electron chi connectivity index (χ2n) is 9.24. The van der Waals surface area contributed by atoms with Crippen LogP contribution in [0.4, 0.5) is 10.5 Å². The van der Waals surface area contributed by atoms with Crippen molar-refractivity contribution in [1.29, 1.82) is 0 Å². The number of carbonyl (C=O) groups is 1. The van der Waals surface area contributed by atoms with E-state index < -0.39 is 23.1 Å². The van der Waals surface area contributed by atoms with Crippen molar-refractivity contribution in [2.45, 2.75) is 74.9 Å². The van der Waals surface area contributed by atoms with Crippen LogP contribution in [0.25, 0.3) is 0 Å². The molecule has 2 amide bonds. The van der Waals surface area contributed by atoms with E-state index in [1.54, 1.807) is 6.07 Å². The first-order valence-corrected chi connectivity index (χ1v) is 12.7. The summed E-state index contributed by atoms with van der Waals surface area (Å²) in [5, 5.41) is 14.6. The number of carbonyl (C=O) groups excluding carboxylic acids is 1. The minimum Gasteiger partial charge on any atom is -0.450 e. The quantitative estimate of drug-likeness (QED) is 0.619. The van der Waals surface area contributed by atoms with Crippen LogP contribution >= 0.6 is 11.6 Å². The van der Waals surface area contributed by atoms with Crippen LogP contribution in [0.3, 0.4) is 0 Å². The van der Waals surface area contributed by atoms with Crippen molar-refractivity contribution >= 4 is 34.3 Å². The number of aliphatic hydroxyl groups is 1. The molecule has 6 nitrogen and oxygen atoms in total. The van der Waals surface area contributed by atoms with E-state index in [-0.39, 0.29) is 16.9 Å². The molecule has 0 aliphatic heterocycles. The van der Waals surface area contributed by atoms with Gasteiger partial charge < -0.3 is 14.8 Å². The zero-order valence-electron chi connectivity index (χ0n) is 17.1. The molecule has 1 aromatic heterocycles. The summed E-state index contributed by atoms with van der Waals surface area (Å²) in [4.78, 5) is 12.8. The van der Waals surface area contributed by atoms with Crippen molar-refractivity contribution in [1.82, 2.24) is 4.72 Å². The third-order valence-electron chi connectivity index (χ3n) is 7.55. The Morgan fingerprint density at radius 3 is 2.48 bits per heavy atom. The van der Waals surface area contributed by atoms with Crippen LogP contribution in [-0.2, 0) is 36.7 Å². The number of benzene rings is 1. The Hall–Kier alpha value is -1.83. The molecule has 1 heterocycles. The van der Waals surface area contributed by atoms with Crippen molar-refractivity contribution in [3.63, 3.8) is 0 Å². The molecule has 6 rings (SSSR count). The number of amides is 2. The van der Waals surface area contributed by atoms with E-state index in [1.165, 1.54) is 0 Å². The molecule has 4 unspecified atom stereocenters. The highest BCUT2D eigenvalue weighted by atomic mass is 35.5. The lowest BCUT2D eigenvalue weighted by molar-refractivity contribution is 0.101. The third kappa shape index (κ3) is 3.08. The van der Waals surface area contributed by atoms with E-state index in [9.17, 15) is 14.1 Å². The Bertz CT molecular complexity index is 1080. The molecule has 3 N–H and O–H groups in total. The Labute approximate surface area is 188 Å². The van der Waals surface area contributed by atoms with Crippen LogP contribution in [0.1, 0.15) is 77.7 Å². The van der Waals surface area contributed by atoms with Crippen molar-refractivity contribution in [3.8, 4) is 0 Å². The second-order valence-corrected chi connectivity index (χ2v) is 10.8. The fourth-order valence-corrected chi connectivity index (χ4v) is 7.28. The molecule has 8 heteroatoms. The lowest BCUT2D eigenvalue weighted by atomic mass is 9.86. The van der Waals surface area contributed by atoms with E-state index in [1.807, 2.05) is 0 Å². The lowest BCUT2D eigenvalue weighted by Gasteiger charge is -2.23. The van der Waals surface area contributed by atoms with Gasteiger partial charge >= 0.3 is 6.03 Å². The van der Waals surface area contributed by atoms with Crippen molar-refractivity contribution in [3.05, 3.63) is 44.7 Å². The zero-order chi connectivity index (χ0) is 21.3. The number of anilines is 1. The smallest absolute Gasteiger partial charge is 0.331 e. The summed E-state index contributed by atoms with van der Waals surface area (Å²) in [5.41, 5.74) is 6.14. The maximum Gasteiger partial charge on any atom is 0.331 e. The van der Waals surface area contributed by atoms with Gasteiger partial charge in [0, 0.05) is 28.3 Å². The van der Waals surface area contributed by atoms with Gasteiger partial charge in [-0.2, -0.15) is 0 Å². The average Bonchev–Trinajstić information content (AvgIpc) is 3.53. The number of furan rings is 1. The van der Waals surface area contributed by atoms with Crippen LogP contribution in [0.2, 0.25) is 5.02 Å². The van der Waals surface area contributed by atoms with Crippen LogP contribution < -0.4 is 10.0 Å². The third-order valence-corrected chi connectivity index (χ3v) is 8.95. The summed E-state index contributed by atoms with van der Waals surface area (Å²) in [7, 11) is -1.84. The number of hydrogen-bond acceptors (Lipinski definition) is 4. The second kappa shape index (κ2) is 7.36. The molecular weight excluding hydrogens is 436 g/mol. The molecule has 1 fully saturated rings. The van der Waals surface area contributed by atoms with Gasteiger partial charge in [-0.15, -0.1) is 0 Å². The summed E-state index contributed by atoms with van der Waals surface area (Å²) in [6, 6.07) is 1.14. The number of fused-ring (bicyclic) bond motifs is 6. The summed E-state index contributed by atoms with van der Waals surface area (Å²) in [5.74, 6) is 1.27. The Kier molecular flexibility index (Phi) is 4.70. The average molecular weight is 461 g/mol. The van der Waals surface area contributed by atoms with E-state index in [4.69, 9.17) is 16.0 Å². The van der Waals surface area contributed by atoms with E-state index >= 15 is 0 Å². The monoisotopic (exact) mass is 460 g/mol. The highest BCUT2D eigenvalue weighted by Crippen LogP contribution is 2.52. The van der Waals surface area contributed by atoms with Gasteiger partial charge in [-0.1, -0.05) is 11.6 Å². The van der Waals surface area contributed by atoms with Gasteiger partial charge in [0.2, 0.25) is 5.09 Å². The number of halogens is 1. The molecule has 1 aromatic carbocycles. The summed E-state index contributed by atoms with van der Waals surface area (Å²) in [6.07, 6.45) is 8.03. The van der Waals surface area contributed by atoms with Crippen molar-refractivity contribution < 1.29 is 18.5 Å². The molecule has 4 aliphatic rings. The molecule has 2 aromatic rings. The van der Waals surface area contributed by atoms with Crippen LogP contribution in [-0.4, -0.2) is 15.3 Å². The topological polar surface area (TPSA) is 91.6 Å². The molecule has 0 saturated heterocycles. The number of hydrogen-bond donors (Lipinski definition) is 3. The summed E-state index contributed by atoms with van der Waals surface area (Å²) >= 11 is 6.65. The molecular formula is C23H25ClN2O4S. The first-order chi connectivity index (χ1) is 15.0. The van der Waals surface area contributed by atoms with Gasteiger partial charge in [0.1, 0.15) is 5.76 Å². The fourth-order valence-electron chi connectivity index (χ4n) is 6.14. The van der Waals surface area contributed by atoms with Crippen LogP contribution in [0, 0.1) is 5.92 Å². The molecule has 2 bridgehead atoms. The van der Waals surface area contributed by atoms with Gasteiger partial charge in [0.25, 0.3) is 0 Å². The first kappa shape index (κ1) is 19.8. The van der Waals surface area contributed by atoms with E-state index in [2.05, 4.69) is 10.0 Å². The predicted molar refractivity (Wildman–Crippen MR) is 118 cm³/mol. The van der Waals surface area contributed by atoms with E-state index in [0.29, 0.717) is 0 Å². The zero-order valence-corrected chi connectivity index (χ0v) is 18.7. The summed E-state index contributed by atoms with van der Waals surface area (Å²) < 4.78 is 21.2. The van der Waals surface area contributed by atoms with Gasteiger partial charge in [0.05, 0.1) is 6.10 Å². The SMILES string of the molecule is O=C(Nc1c2c(c(Cl)c3c1CCC3)CCC2)NS(=O)c1cc2c(o1)C1CCC(C1)C2O. The van der Waals surface area contributed by atoms with Gasteiger partial charge in [0.15, 0.2) is 11.0 Å². The Morgan fingerprint density at radius 2 is 1.77 bits per heavy atom. The van der Waals surface area contributed by atoms with Crippen LogP contribution in [0.5, 0.6) is 0 Å². The number of urea groups is 1. The van der Waals surface area contributed by atoms with Crippen molar-refractivity contribution in [2.24, 2.45) is 5.92 Å². The minimum atomic E-state index is -1.84. The van der Waals surface area contributed by atoms with Gasteiger partial charge in [-0.3, -0.25) is 0 Å². The maximum absolute atomic E-state index is 12.8. The minimum absolute atomic E-state index is 0.193.